The summed E-state index contributed by atoms with van der Waals surface area (Å²) in [5, 5.41) is 0. The predicted molar refractivity (Wildman–Crippen MR) is 299 cm³/mol. The second kappa shape index (κ2) is 35.9. The van der Waals surface area contributed by atoms with Crippen molar-refractivity contribution in [2.45, 2.75) is 270 Å². The minimum Gasteiger partial charge on any atom is -0.301 e. The average molecular weight is 922 g/mol. The van der Waals surface area contributed by atoms with E-state index in [9.17, 15) is 0 Å². The van der Waals surface area contributed by atoms with E-state index in [4.69, 9.17) is 0 Å². The molecule has 0 bridgehead atoms. The van der Waals surface area contributed by atoms with Gasteiger partial charge in [0.15, 0.2) is 0 Å². The normalized spacial score (nSPS) is 31.1. The van der Waals surface area contributed by atoms with Gasteiger partial charge in [-0.1, -0.05) is 93.9 Å². The number of likely N-dealkylation sites (tertiary alicyclic amines) is 5. The summed E-state index contributed by atoms with van der Waals surface area (Å²) < 4.78 is 0. The standard InChI is InChI=1S/C12H23N.3C11H21N.C8H17N.4CH4.2B.FH.2H2/c1-10(2)13-8-7-11-5-3-4-6-12(11)9-13;1-9(2)12-7-6-10-4-3-5-11(10)8-12;1-9(2)12-7-10-5-3-4-6-11(10)8-12;1-9(2)12-8-7-10-5-3-4-6-11(10)12;1-8(2)9-6-4-3-5-7-9;;;;;;;;;/h10-12H,3-9H2,1-2H3;3*9-11H,3-8H2,1-2H3;8H,3-7H2,1-2H3;4*1H4;;;3*1H/i;;;;;;;;;;;;2*1+1. The van der Waals surface area contributed by atoms with Crippen LogP contribution in [0.3, 0.4) is 0 Å². The zero-order chi connectivity index (χ0) is 41.6. The third-order valence-electron chi connectivity index (χ3n) is 17.4. The lowest BCUT2D eigenvalue weighted by atomic mass is 9.75. The van der Waals surface area contributed by atoms with Crippen LogP contribution in [0.15, 0.2) is 0 Å². The van der Waals surface area contributed by atoms with Gasteiger partial charge < -0.3 is 19.6 Å². The van der Waals surface area contributed by atoms with Crippen LogP contribution in [-0.2, 0) is 0 Å². The number of hydrogen-bond donors (Lipinski definition) is 0. The number of fused-ring (bicyclic) bond motifs is 4. The predicted octanol–water partition coefficient (Wildman–Crippen LogP) is 14.9. The summed E-state index contributed by atoms with van der Waals surface area (Å²) in [5.74, 6) is 7.46. The maximum Gasteiger partial charge on any atom is 0.0127 e. The van der Waals surface area contributed by atoms with Gasteiger partial charge in [0.05, 0.1) is 0 Å². The lowest BCUT2D eigenvalue weighted by Gasteiger charge is -2.42. The molecule has 0 aromatic heterocycles. The van der Waals surface area contributed by atoms with E-state index in [0.717, 1.165) is 77.7 Å². The lowest BCUT2D eigenvalue weighted by Crippen LogP contribution is -2.44. The van der Waals surface area contributed by atoms with Crippen molar-refractivity contribution in [1.82, 2.24) is 24.5 Å². The van der Waals surface area contributed by atoms with Crippen molar-refractivity contribution < 1.29 is 7.56 Å². The van der Waals surface area contributed by atoms with Crippen molar-refractivity contribution in [1.29, 1.82) is 0 Å². The molecule has 8 atom stereocenters. The van der Waals surface area contributed by atoms with Gasteiger partial charge in [-0.25, -0.2) is 0 Å². The molecule has 5 nitrogen and oxygen atoms in total. The molecule has 5 heterocycles. The first-order chi connectivity index (χ1) is 27.9. The highest BCUT2D eigenvalue weighted by Crippen LogP contribution is 2.40. The SMILES string of the molecule is C.C.C.C.CC(C)N1CC2CCCCC2C1.CC(C)N1CCC2CCCC2C1.CC(C)N1CCC2CCCCC21.CC(C)N1CCC2CCCCC2C1.CC(C)N1CCCCC1.F.[2HH].[2HH].[B].[B]. The Morgan fingerprint density at radius 2 is 0.615 bits per heavy atom. The molecule has 9 aliphatic rings. The smallest absolute Gasteiger partial charge is 0.0127 e. The van der Waals surface area contributed by atoms with Crippen molar-refractivity contribution in [3.8, 4) is 0 Å². The molecule has 0 amide bonds. The summed E-state index contributed by atoms with van der Waals surface area (Å²) in [7, 11) is 0. The fraction of sp³-hybridized carbons (Fsp3) is 1.00. The molecule has 0 aromatic rings. The molecule has 4 saturated carbocycles. The maximum absolute atomic E-state index is 2.73. The van der Waals surface area contributed by atoms with Crippen molar-refractivity contribution in [2.24, 2.45) is 41.4 Å². The minimum atomic E-state index is 0. The third-order valence-corrected chi connectivity index (χ3v) is 17.4. The van der Waals surface area contributed by atoms with Crippen LogP contribution in [0, 0.1) is 41.4 Å². The van der Waals surface area contributed by atoms with Gasteiger partial charge in [0.1, 0.15) is 0 Å². The van der Waals surface area contributed by atoms with Crippen LogP contribution in [0.25, 0.3) is 0 Å². The summed E-state index contributed by atoms with van der Waals surface area (Å²) in [6.45, 7) is 35.6. The zero-order valence-electron chi connectivity index (χ0n) is 42.5. The number of halogens is 1. The Labute approximate surface area is 417 Å². The van der Waals surface area contributed by atoms with Crippen molar-refractivity contribution in [3.63, 3.8) is 0 Å². The van der Waals surface area contributed by atoms with Gasteiger partial charge in [-0.05, 0) is 214 Å². The van der Waals surface area contributed by atoms with Gasteiger partial charge in [-0.15, -0.1) is 0 Å². The van der Waals surface area contributed by atoms with E-state index >= 15 is 0 Å². The largest absolute Gasteiger partial charge is 0.301 e. The van der Waals surface area contributed by atoms with Gasteiger partial charge in [-0.2, -0.15) is 0 Å². The molecule has 8 heteroatoms. The average Bonchev–Trinajstić information content (AvgIpc) is 4.01. The number of rotatable bonds is 5. The first-order valence-electron chi connectivity index (χ1n) is 26.6. The van der Waals surface area contributed by atoms with E-state index in [1.807, 2.05) is 0 Å². The summed E-state index contributed by atoms with van der Waals surface area (Å²) >= 11 is 0. The topological polar surface area (TPSA) is 16.2 Å². The fourth-order valence-corrected chi connectivity index (χ4v) is 13.4. The highest BCUT2D eigenvalue weighted by atomic mass is 19.0. The van der Waals surface area contributed by atoms with E-state index < -0.39 is 0 Å². The van der Waals surface area contributed by atoms with Crippen molar-refractivity contribution >= 4 is 16.8 Å². The minimum absolute atomic E-state index is 0. The first kappa shape index (κ1) is 69.1. The molecular weight excluding hydrogens is 795 g/mol. The maximum atomic E-state index is 2.73. The quantitative estimate of drug-likeness (QED) is 0.255. The molecule has 5 saturated heterocycles. The van der Waals surface area contributed by atoms with Crippen molar-refractivity contribution in [2.75, 3.05) is 58.9 Å². The van der Waals surface area contributed by atoms with Crippen LogP contribution in [0.1, 0.15) is 237 Å². The van der Waals surface area contributed by atoms with Crippen LogP contribution >= 0.6 is 0 Å². The van der Waals surface area contributed by atoms with Gasteiger partial charge >= 0.3 is 0 Å². The van der Waals surface area contributed by atoms with Gasteiger partial charge in [0.2, 0.25) is 0 Å². The highest BCUT2D eigenvalue weighted by molar-refractivity contribution is 5.76. The molecule has 0 N–H and O–H groups in total. The van der Waals surface area contributed by atoms with Gasteiger partial charge in [-0.3, -0.25) is 9.60 Å². The monoisotopic (exact) mass is 922 g/mol. The Kier molecular flexibility index (Phi) is 38.2. The molecule has 6 radical (unpaired) electrons. The van der Waals surface area contributed by atoms with E-state index in [2.05, 4.69) is 93.7 Å². The molecule has 0 aromatic carbocycles. The summed E-state index contributed by atoms with van der Waals surface area (Å²) in [5.41, 5.74) is 0. The third kappa shape index (κ3) is 21.8. The van der Waals surface area contributed by atoms with E-state index in [0.29, 0.717) is 0 Å². The highest BCUT2D eigenvalue weighted by Gasteiger charge is 2.37. The molecule has 65 heavy (non-hydrogen) atoms. The summed E-state index contributed by atoms with van der Waals surface area (Å²) in [4.78, 5) is 13.3. The number of hydrogen-bond acceptors (Lipinski definition) is 5. The molecule has 8 unspecified atom stereocenters. The van der Waals surface area contributed by atoms with Gasteiger partial charge in [0.25, 0.3) is 0 Å². The Balaban J connectivity index is -0.000000232. The number of piperidine rings is 3. The molecule has 4 aliphatic carbocycles. The van der Waals surface area contributed by atoms with Crippen LogP contribution in [-0.4, -0.2) is 136 Å². The summed E-state index contributed by atoms with van der Waals surface area (Å²) in [6.07, 6.45) is 31.2. The Morgan fingerprint density at radius 3 is 1.02 bits per heavy atom. The van der Waals surface area contributed by atoms with Crippen LogP contribution in [0.2, 0.25) is 0 Å². The molecule has 390 valence electrons. The van der Waals surface area contributed by atoms with Crippen LogP contribution in [0.5, 0.6) is 0 Å². The lowest BCUT2D eigenvalue weighted by molar-refractivity contribution is 0.0669. The summed E-state index contributed by atoms with van der Waals surface area (Å²) in [6, 6.07) is 4.81. The van der Waals surface area contributed by atoms with Crippen molar-refractivity contribution in [3.05, 3.63) is 0 Å². The Bertz CT molecular complexity index is 1090. The number of nitrogens with zero attached hydrogens (tertiary/aromatic N) is 5. The molecule has 0 spiro atoms. The first-order valence-corrected chi connectivity index (χ1v) is 26.6. The Morgan fingerprint density at radius 1 is 0.292 bits per heavy atom. The second-order valence-electron chi connectivity index (χ2n) is 22.8. The molecular formula is C57H124B2FN5. The molecule has 9 fully saturated rings. The van der Waals surface area contributed by atoms with E-state index in [1.165, 1.54) is 194 Å². The fourth-order valence-electron chi connectivity index (χ4n) is 13.4. The second-order valence-corrected chi connectivity index (χ2v) is 22.8. The zero-order valence-corrected chi connectivity index (χ0v) is 42.5. The Hall–Kier alpha value is -0.140. The van der Waals surface area contributed by atoms with E-state index in [-0.39, 0.29) is 54.1 Å². The van der Waals surface area contributed by atoms with E-state index in [1.54, 1.807) is 0 Å². The molecule has 5 aliphatic heterocycles. The van der Waals surface area contributed by atoms with Gasteiger partial charge in [0, 0.05) is 82.1 Å². The van der Waals surface area contributed by atoms with Crippen LogP contribution in [0.4, 0.5) is 4.70 Å². The van der Waals surface area contributed by atoms with Crippen LogP contribution < -0.4 is 0 Å². The molecule has 9 rings (SSSR count).